The summed E-state index contributed by atoms with van der Waals surface area (Å²) in [6.45, 7) is 3.44. The monoisotopic (exact) mass is 230 g/mol. The number of carbonyl (C=O) groups excluding carboxylic acids is 1. The maximum atomic E-state index is 11.9. The van der Waals surface area contributed by atoms with Gasteiger partial charge < -0.3 is 20.8 Å². The molecule has 1 aliphatic heterocycles. The SMILES string of the molecule is CC(N)C(C)C(=O)N1C[C@H](O)C[C@H]1C(=O)O. The third kappa shape index (κ3) is 2.51. The number of carboxylic acids is 1. The standard InChI is InChI=1S/C10H18N2O4/c1-5(6(2)11)9(14)12-4-7(13)3-8(12)10(15)16/h5-8,13H,3-4,11H2,1-2H3,(H,15,16)/t5?,6?,7-,8+/m1/s1. The molecule has 1 aliphatic rings. The van der Waals surface area contributed by atoms with E-state index in [9.17, 15) is 14.7 Å². The Labute approximate surface area is 94.0 Å². The van der Waals surface area contributed by atoms with Gasteiger partial charge in [0.2, 0.25) is 5.91 Å². The molecular weight excluding hydrogens is 212 g/mol. The third-order valence-electron chi connectivity index (χ3n) is 3.03. The summed E-state index contributed by atoms with van der Waals surface area (Å²) in [5.74, 6) is -1.83. The number of amides is 1. The summed E-state index contributed by atoms with van der Waals surface area (Å²) in [7, 11) is 0. The molecule has 0 bridgehead atoms. The van der Waals surface area contributed by atoms with Crippen molar-refractivity contribution in [3.05, 3.63) is 0 Å². The fraction of sp³-hybridized carbons (Fsp3) is 0.800. The Balaban J connectivity index is 2.78. The van der Waals surface area contributed by atoms with Gasteiger partial charge in [-0.05, 0) is 6.92 Å². The van der Waals surface area contributed by atoms with Gasteiger partial charge in [-0.2, -0.15) is 0 Å². The van der Waals surface area contributed by atoms with Gasteiger partial charge in [0.15, 0.2) is 0 Å². The number of aliphatic hydroxyl groups is 1. The lowest BCUT2D eigenvalue weighted by Gasteiger charge is -2.26. The average Bonchev–Trinajstić information content (AvgIpc) is 2.58. The third-order valence-corrected chi connectivity index (χ3v) is 3.03. The Morgan fingerprint density at radius 1 is 1.44 bits per heavy atom. The number of carbonyl (C=O) groups is 2. The van der Waals surface area contributed by atoms with E-state index in [0.717, 1.165) is 0 Å². The summed E-state index contributed by atoms with van der Waals surface area (Å²) in [5, 5.41) is 18.3. The Bertz CT molecular complexity index is 293. The largest absolute Gasteiger partial charge is 0.480 e. The van der Waals surface area contributed by atoms with Crippen LogP contribution in [0.5, 0.6) is 0 Å². The first-order chi connectivity index (χ1) is 7.34. The summed E-state index contributed by atoms with van der Waals surface area (Å²) >= 11 is 0. The lowest BCUT2D eigenvalue weighted by molar-refractivity contribution is -0.149. The van der Waals surface area contributed by atoms with E-state index in [2.05, 4.69) is 0 Å². The van der Waals surface area contributed by atoms with Crippen molar-refractivity contribution in [1.29, 1.82) is 0 Å². The second-order valence-corrected chi connectivity index (χ2v) is 4.38. The number of hydrogen-bond acceptors (Lipinski definition) is 4. The summed E-state index contributed by atoms with van der Waals surface area (Å²) in [5.41, 5.74) is 5.60. The molecule has 6 heteroatoms. The molecule has 0 spiro atoms. The minimum Gasteiger partial charge on any atom is -0.480 e. The fourth-order valence-electron chi connectivity index (χ4n) is 1.78. The maximum Gasteiger partial charge on any atom is 0.326 e. The molecule has 1 heterocycles. The lowest BCUT2D eigenvalue weighted by atomic mass is 10.0. The molecule has 1 amide bonds. The van der Waals surface area contributed by atoms with Crippen molar-refractivity contribution < 1.29 is 19.8 Å². The lowest BCUT2D eigenvalue weighted by Crippen LogP contribution is -2.46. The van der Waals surface area contributed by atoms with Crippen molar-refractivity contribution in [3.63, 3.8) is 0 Å². The number of likely N-dealkylation sites (tertiary alicyclic amines) is 1. The van der Waals surface area contributed by atoms with Crippen LogP contribution in [0, 0.1) is 5.92 Å². The predicted molar refractivity (Wildman–Crippen MR) is 56.6 cm³/mol. The van der Waals surface area contributed by atoms with Gasteiger partial charge in [0.1, 0.15) is 6.04 Å². The molecule has 16 heavy (non-hydrogen) atoms. The van der Waals surface area contributed by atoms with Crippen molar-refractivity contribution in [1.82, 2.24) is 4.90 Å². The Kier molecular flexibility index (Phi) is 3.88. The van der Waals surface area contributed by atoms with Gasteiger partial charge in [-0.25, -0.2) is 4.79 Å². The summed E-state index contributed by atoms with van der Waals surface area (Å²) in [6.07, 6.45) is -0.669. The maximum absolute atomic E-state index is 11.9. The first-order valence-corrected chi connectivity index (χ1v) is 5.31. The van der Waals surface area contributed by atoms with Gasteiger partial charge in [0.25, 0.3) is 0 Å². The van der Waals surface area contributed by atoms with Crippen LogP contribution in [0.3, 0.4) is 0 Å². The van der Waals surface area contributed by atoms with Gasteiger partial charge in [0, 0.05) is 19.0 Å². The summed E-state index contributed by atoms with van der Waals surface area (Å²) < 4.78 is 0. The van der Waals surface area contributed by atoms with Crippen molar-refractivity contribution >= 4 is 11.9 Å². The molecule has 92 valence electrons. The summed E-state index contributed by atoms with van der Waals surface area (Å²) in [4.78, 5) is 24.0. The van der Waals surface area contributed by atoms with Crippen molar-refractivity contribution in [2.24, 2.45) is 11.7 Å². The van der Waals surface area contributed by atoms with E-state index in [1.54, 1.807) is 13.8 Å². The molecule has 1 fully saturated rings. The molecule has 0 aromatic carbocycles. The van der Waals surface area contributed by atoms with Crippen molar-refractivity contribution in [2.45, 2.75) is 38.5 Å². The highest BCUT2D eigenvalue weighted by atomic mass is 16.4. The van der Waals surface area contributed by atoms with Crippen molar-refractivity contribution in [2.75, 3.05) is 6.54 Å². The normalized spacial score (nSPS) is 28.9. The van der Waals surface area contributed by atoms with E-state index in [1.165, 1.54) is 4.90 Å². The van der Waals surface area contributed by atoms with E-state index in [0.29, 0.717) is 0 Å². The van der Waals surface area contributed by atoms with Crippen LogP contribution in [0.4, 0.5) is 0 Å². The van der Waals surface area contributed by atoms with Gasteiger partial charge in [-0.1, -0.05) is 6.92 Å². The molecule has 0 aromatic heterocycles. The van der Waals surface area contributed by atoms with Crippen LogP contribution in [-0.4, -0.2) is 51.7 Å². The van der Waals surface area contributed by atoms with Crippen LogP contribution < -0.4 is 5.73 Å². The molecule has 0 aliphatic carbocycles. The van der Waals surface area contributed by atoms with E-state index < -0.39 is 24.0 Å². The van der Waals surface area contributed by atoms with Gasteiger partial charge in [-0.15, -0.1) is 0 Å². The molecule has 0 aromatic rings. The zero-order chi connectivity index (χ0) is 12.5. The van der Waals surface area contributed by atoms with E-state index in [4.69, 9.17) is 10.8 Å². The van der Waals surface area contributed by atoms with E-state index >= 15 is 0 Å². The molecule has 6 nitrogen and oxygen atoms in total. The van der Waals surface area contributed by atoms with E-state index in [-0.39, 0.29) is 24.9 Å². The van der Waals surface area contributed by atoms with Crippen LogP contribution in [0.25, 0.3) is 0 Å². The van der Waals surface area contributed by atoms with Gasteiger partial charge in [-0.3, -0.25) is 4.79 Å². The molecule has 0 saturated carbocycles. The minimum absolute atomic E-state index is 0.0763. The van der Waals surface area contributed by atoms with Crippen LogP contribution in [0.15, 0.2) is 0 Å². The summed E-state index contributed by atoms with van der Waals surface area (Å²) in [6, 6.07) is -1.26. The van der Waals surface area contributed by atoms with Crippen LogP contribution in [0.2, 0.25) is 0 Å². The Morgan fingerprint density at radius 2 is 2.00 bits per heavy atom. The number of nitrogens with zero attached hydrogens (tertiary/aromatic N) is 1. The highest BCUT2D eigenvalue weighted by molar-refractivity contribution is 5.86. The first-order valence-electron chi connectivity index (χ1n) is 5.31. The predicted octanol–water partition coefficient (Wildman–Crippen LogP) is -0.984. The molecule has 4 atom stereocenters. The van der Waals surface area contributed by atoms with Crippen LogP contribution in [-0.2, 0) is 9.59 Å². The zero-order valence-electron chi connectivity index (χ0n) is 9.46. The molecule has 4 N–H and O–H groups in total. The number of carboxylic acid groups (broad SMARTS) is 1. The Morgan fingerprint density at radius 3 is 2.44 bits per heavy atom. The number of rotatable bonds is 3. The second-order valence-electron chi connectivity index (χ2n) is 4.38. The Hall–Kier alpha value is -1.14. The minimum atomic E-state index is -1.08. The van der Waals surface area contributed by atoms with Gasteiger partial charge >= 0.3 is 5.97 Å². The quantitative estimate of drug-likeness (QED) is 0.578. The number of β-amino-alcohol motifs (C(OH)–C–C–N with tert-alkyl or cyclic N) is 1. The first kappa shape index (κ1) is 12.9. The molecule has 0 radical (unpaired) electrons. The number of aliphatic hydroxyl groups excluding tert-OH is 1. The second kappa shape index (κ2) is 4.80. The van der Waals surface area contributed by atoms with E-state index in [1.807, 2.05) is 0 Å². The number of hydrogen-bond donors (Lipinski definition) is 3. The highest BCUT2D eigenvalue weighted by Crippen LogP contribution is 2.21. The molecule has 2 unspecified atom stereocenters. The van der Waals surface area contributed by atoms with Crippen LogP contribution >= 0.6 is 0 Å². The zero-order valence-corrected chi connectivity index (χ0v) is 9.46. The topological polar surface area (TPSA) is 104 Å². The molecular formula is C10H18N2O4. The smallest absolute Gasteiger partial charge is 0.326 e. The molecule has 1 saturated heterocycles. The van der Waals surface area contributed by atoms with Crippen molar-refractivity contribution in [3.8, 4) is 0 Å². The number of nitrogens with two attached hydrogens (primary N) is 1. The van der Waals surface area contributed by atoms with Gasteiger partial charge in [0.05, 0.1) is 12.0 Å². The highest BCUT2D eigenvalue weighted by Gasteiger charge is 2.40. The fourth-order valence-corrected chi connectivity index (χ4v) is 1.78. The number of aliphatic carboxylic acids is 1. The average molecular weight is 230 g/mol. The molecule has 1 rings (SSSR count). The van der Waals surface area contributed by atoms with Crippen LogP contribution in [0.1, 0.15) is 20.3 Å².